The number of aromatic carboxylic acids is 1. The quantitative estimate of drug-likeness (QED) is 0.648. The predicted octanol–water partition coefficient (Wildman–Crippen LogP) is 2.36. The maximum Gasteiger partial charge on any atom is 0.335 e. The van der Waals surface area contributed by atoms with Crippen molar-refractivity contribution in [3.05, 3.63) is 53.1 Å². The van der Waals surface area contributed by atoms with Crippen LogP contribution in [0.4, 0.5) is 5.69 Å². The van der Waals surface area contributed by atoms with Gasteiger partial charge in [-0.25, -0.2) is 4.79 Å². The van der Waals surface area contributed by atoms with Gasteiger partial charge in [0.2, 0.25) is 0 Å². The fourth-order valence-electron chi connectivity index (χ4n) is 1.79. The second-order valence-electron chi connectivity index (χ2n) is 4.46. The molecule has 4 N–H and O–H groups in total. The second kappa shape index (κ2) is 5.54. The molecule has 0 aliphatic carbocycles. The van der Waals surface area contributed by atoms with Gasteiger partial charge in [0, 0.05) is 5.69 Å². The molecule has 21 heavy (non-hydrogen) atoms. The molecular formula is C15H13NO5. The van der Waals surface area contributed by atoms with Crippen LogP contribution in [0.15, 0.2) is 36.4 Å². The number of anilines is 1. The van der Waals surface area contributed by atoms with Crippen LogP contribution in [0.2, 0.25) is 0 Å². The molecule has 0 radical (unpaired) electrons. The molecule has 2 aromatic rings. The summed E-state index contributed by atoms with van der Waals surface area (Å²) in [5, 5.41) is 30.5. The van der Waals surface area contributed by atoms with Crippen molar-refractivity contribution in [2.45, 2.75) is 6.92 Å². The van der Waals surface area contributed by atoms with Crippen LogP contribution in [0, 0.1) is 6.92 Å². The van der Waals surface area contributed by atoms with Crippen LogP contribution in [0.25, 0.3) is 0 Å². The highest BCUT2D eigenvalue weighted by Gasteiger charge is 2.15. The Hall–Kier alpha value is -3.02. The summed E-state index contributed by atoms with van der Waals surface area (Å²) < 4.78 is 0. The van der Waals surface area contributed by atoms with Crippen LogP contribution in [0.3, 0.4) is 0 Å². The van der Waals surface area contributed by atoms with Crippen molar-refractivity contribution in [1.29, 1.82) is 0 Å². The molecule has 2 rings (SSSR count). The van der Waals surface area contributed by atoms with Gasteiger partial charge < -0.3 is 20.6 Å². The SMILES string of the molecule is Cc1ccc(C(=O)O)cc1NC(=O)c1cccc(O)c1O. The van der Waals surface area contributed by atoms with Crippen molar-refractivity contribution >= 4 is 17.6 Å². The van der Waals surface area contributed by atoms with E-state index in [0.29, 0.717) is 11.3 Å². The number of carboxylic acid groups (broad SMARTS) is 1. The summed E-state index contributed by atoms with van der Waals surface area (Å²) in [7, 11) is 0. The lowest BCUT2D eigenvalue weighted by Gasteiger charge is -2.10. The molecule has 0 unspecified atom stereocenters. The third kappa shape index (κ3) is 2.94. The summed E-state index contributed by atoms with van der Waals surface area (Å²) in [6, 6.07) is 8.35. The molecule has 6 nitrogen and oxygen atoms in total. The fraction of sp³-hybridized carbons (Fsp3) is 0.0667. The molecule has 0 saturated carbocycles. The molecule has 0 aliphatic rings. The van der Waals surface area contributed by atoms with Gasteiger partial charge in [-0.3, -0.25) is 4.79 Å². The average molecular weight is 287 g/mol. The van der Waals surface area contributed by atoms with E-state index in [0.717, 1.165) is 0 Å². The number of hydrogen-bond acceptors (Lipinski definition) is 4. The van der Waals surface area contributed by atoms with Crippen molar-refractivity contribution in [3.8, 4) is 11.5 Å². The van der Waals surface area contributed by atoms with Crippen LogP contribution >= 0.6 is 0 Å². The summed E-state index contributed by atoms with van der Waals surface area (Å²) in [5.74, 6) is -2.68. The molecule has 0 fully saturated rings. The van der Waals surface area contributed by atoms with Crippen molar-refractivity contribution in [2.75, 3.05) is 5.32 Å². The molecule has 6 heteroatoms. The lowest BCUT2D eigenvalue weighted by molar-refractivity contribution is 0.0696. The normalized spacial score (nSPS) is 10.1. The van der Waals surface area contributed by atoms with Crippen molar-refractivity contribution < 1.29 is 24.9 Å². The van der Waals surface area contributed by atoms with E-state index in [2.05, 4.69) is 5.32 Å². The Kier molecular flexibility index (Phi) is 3.80. The van der Waals surface area contributed by atoms with Gasteiger partial charge in [-0.2, -0.15) is 0 Å². The zero-order valence-electron chi connectivity index (χ0n) is 11.1. The van der Waals surface area contributed by atoms with Crippen LogP contribution in [0.1, 0.15) is 26.3 Å². The number of phenols is 2. The second-order valence-corrected chi connectivity index (χ2v) is 4.46. The van der Waals surface area contributed by atoms with E-state index in [4.69, 9.17) is 5.11 Å². The summed E-state index contributed by atoms with van der Waals surface area (Å²) in [6.07, 6.45) is 0. The molecule has 0 heterocycles. The van der Waals surface area contributed by atoms with Crippen molar-refractivity contribution in [3.63, 3.8) is 0 Å². The Labute approximate surface area is 120 Å². The van der Waals surface area contributed by atoms with E-state index >= 15 is 0 Å². The highest BCUT2D eigenvalue weighted by Crippen LogP contribution is 2.29. The van der Waals surface area contributed by atoms with Gasteiger partial charge in [-0.05, 0) is 36.8 Å². The summed E-state index contributed by atoms with van der Waals surface area (Å²) in [6.45, 7) is 1.71. The highest BCUT2D eigenvalue weighted by atomic mass is 16.4. The number of para-hydroxylation sites is 1. The first-order chi connectivity index (χ1) is 9.90. The van der Waals surface area contributed by atoms with Gasteiger partial charge in [0.15, 0.2) is 11.5 Å². The van der Waals surface area contributed by atoms with E-state index in [1.165, 1.54) is 30.3 Å². The van der Waals surface area contributed by atoms with Crippen LogP contribution in [0.5, 0.6) is 11.5 Å². The molecule has 0 saturated heterocycles. The van der Waals surface area contributed by atoms with Crippen LogP contribution in [-0.2, 0) is 0 Å². The van der Waals surface area contributed by atoms with E-state index in [-0.39, 0.29) is 11.1 Å². The lowest BCUT2D eigenvalue weighted by atomic mass is 10.1. The first-order valence-corrected chi connectivity index (χ1v) is 6.06. The third-order valence-electron chi connectivity index (χ3n) is 2.99. The molecular weight excluding hydrogens is 274 g/mol. The number of benzene rings is 2. The molecule has 0 bridgehead atoms. The van der Waals surface area contributed by atoms with Crippen LogP contribution < -0.4 is 5.32 Å². The monoisotopic (exact) mass is 287 g/mol. The minimum atomic E-state index is -1.11. The van der Waals surface area contributed by atoms with Crippen LogP contribution in [-0.4, -0.2) is 27.2 Å². The third-order valence-corrected chi connectivity index (χ3v) is 2.99. The Balaban J connectivity index is 2.33. The van der Waals surface area contributed by atoms with E-state index < -0.39 is 23.4 Å². The zero-order valence-corrected chi connectivity index (χ0v) is 11.1. The highest BCUT2D eigenvalue weighted by molar-refractivity contribution is 6.07. The Morgan fingerprint density at radius 2 is 1.81 bits per heavy atom. The summed E-state index contributed by atoms with van der Waals surface area (Å²) in [5.41, 5.74) is 0.932. The van der Waals surface area contributed by atoms with Crippen molar-refractivity contribution in [2.24, 2.45) is 0 Å². The Bertz CT molecular complexity index is 724. The number of phenolic OH excluding ortho intramolecular Hbond substituents is 2. The summed E-state index contributed by atoms with van der Waals surface area (Å²) in [4.78, 5) is 23.0. The molecule has 0 atom stereocenters. The number of carbonyl (C=O) groups excluding carboxylic acids is 1. The smallest absolute Gasteiger partial charge is 0.335 e. The van der Waals surface area contributed by atoms with E-state index in [1.807, 2.05) is 0 Å². The number of carboxylic acids is 1. The Morgan fingerprint density at radius 3 is 2.48 bits per heavy atom. The Morgan fingerprint density at radius 1 is 1.10 bits per heavy atom. The number of hydrogen-bond donors (Lipinski definition) is 4. The number of nitrogens with one attached hydrogen (secondary N) is 1. The van der Waals surface area contributed by atoms with E-state index in [1.54, 1.807) is 13.0 Å². The number of amides is 1. The van der Waals surface area contributed by atoms with Gasteiger partial charge in [0.1, 0.15) is 0 Å². The molecule has 2 aromatic carbocycles. The number of carbonyl (C=O) groups is 2. The molecule has 0 spiro atoms. The fourth-order valence-corrected chi connectivity index (χ4v) is 1.79. The maximum atomic E-state index is 12.1. The number of aromatic hydroxyl groups is 2. The average Bonchev–Trinajstić information content (AvgIpc) is 2.43. The standard InChI is InChI=1S/C15H13NO5/c1-8-5-6-9(15(20)21)7-11(8)16-14(19)10-3-2-4-12(17)13(10)18/h2-7,17-18H,1H3,(H,16,19)(H,20,21). The van der Waals surface area contributed by atoms with Gasteiger partial charge in [-0.15, -0.1) is 0 Å². The molecule has 0 aliphatic heterocycles. The zero-order chi connectivity index (χ0) is 15.6. The summed E-state index contributed by atoms with van der Waals surface area (Å²) >= 11 is 0. The lowest BCUT2D eigenvalue weighted by Crippen LogP contribution is -2.13. The molecule has 0 aromatic heterocycles. The van der Waals surface area contributed by atoms with Gasteiger partial charge in [0.05, 0.1) is 11.1 Å². The minimum Gasteiger partial charge on any atom is -0.504 e. The topological polar surface area (TPSA) is 107 Å². The van der Waals surface area contributed by atoms with Crippen molar-refractivity contribution in [1.82, 2.24) is 0 Å². The number of aryl methyl sites for hydroxylation is 1. The molecule has 108 valence electrons. The first-order valence-electron chi connectivity index (χ1n) is 6.06. The van der Waals surface area contributed by atoms with E-state index in [9.17, 15) is 19.8 Å². The maximum absolute atomic E-state index is 12.1. The predicted molar refractivity (Wildman–Crippen MR) is 75.9 cm³/mol. The van der Waals surface area contributed by atoms with Gasteiger partial charge >= 0.3 is 5.97 Å². The van der Waals surface area contributed by atoms with Gasteiger partial charge in [0.25, 0.3) is 5.91 Å². The largest absolute Gasteiger partial charge is 0.504 e. The first kappa shape index (κ1) is 14.4. The minimum absolute atomic E-state index is 0.0380. The number of rotatable bonds is 3. The van der Waals surface area contributed by atoms with Gasteiger partial charge in [-0.1, -0.05) is 12.1 Å². The molecule has 1 amide bonds.